The molecule has 0 aromatic carbocycles. The highest BCUT2D eigenvalue weighted by molar-refractivity contribution is 7.18. The van der Waals surface area contributed by atoms with Crippen LogP contribution in [-0.4, -0.2) is 27.7 Å². The van der Waals surface area contributed by atoms with Gasteiger partial charge in [-0.15, -0.1) is 11.3 Å². The predicted octanol–water partition coefficient (Wildman–Crippen LogP) is 3.23. The van der Waals surface area contributed by atoms with Crippen LogP contribution in [0.4, 0.5) is 5.82 Å². The number of aromatic nitrogens is 2. The molecule has 1 aliphatic carbocycles. The average molecular weight is 298 g/mol. The molecule has 0 aliphatic heterocycles. The van der Waals surface area contributed by atoms with Crippen molar-refractivity contribution in [2.45, 2.75) is 32.3 Å². The fourth-order valence-electron chi connectivity index (χ4n) is 2.63. The minimum atomic E-state index is -0.135. The molecule has 2 atom stereocenters. The number of hydrogen-bond acceptors (Lipinski definition) is 5. The van der Waals surface area contributed by atoms with Gasteiger partial charge in [-0.2, -0.15) is 0 Å². The van der Waals surface area contributed by atoms with E-state index in [1.54, 1.807) is 11.3 Å². The van der Waals surface area contributed by atoms with Crippen LogP contribution in [0.2, 0.25) is 5.28 Å². The Morgan fingerprint density at radius 3 is 3.05 bits per heavy atom. The summed E-state index contributed by atoms with van der Waals surface area (Å²) in [5, 5.41) is 14.2. The van der Waals surface area contributed by atoms with E-state index in [0.29, 0.717) is 5.92 Å². The van der Waals surface area contributed by atoms with Crippen molar-refractivity contribution < 1.29 is 5.11 Å². The fourth-order valence-corrected chi connectivity index (χ4v) is 3.72. The Morgan fingerprint density at radius 1 is 1.47 bits per heavy atom. The molecule has 1 saturated carbocycles. The molecule has 0 radical (unpaired) electrons. The standard InChI is InChI=1S/C13H16ClN3OS/c1-7-4-10-11(16-13(14)17-12(10)19-7)15-6-8-2-3-9(18)5-8/h4,8-9,18H,2-3,5-6H2,1H3,(H,15,16,17). The van der Waals surface area contributed by atoms with Gasteiger partial charge in [-0.1, -0.05) is 0 Å². The number of fused-ring (bicyclic) bond motifs is 1. The highest BCUT2D eigenvalue weighted by Gasteiger charge is 2.22. The summed E-state index contributed by atoms with van der Waals surface area (Å²) >= 11 is 7.58. The third-order valence-corrected chi connectivity index (χ3v) is 4.67. The Bertz CT molecular complexity index is 601. The number of aliphatic hydroxyl groups is 1. The number of halogens is 1. The second-order valence-corrected chi connectivity index (χ2v) is 6.70. The van der Waals surface area contributed by atoms with Gasteiger partial charge in [0.05, 0.1) is 11.5 Å². The zero-order valence-corrected chi connectivity index (χ0v) is 12.3. The largest absolute Gasteiger partial charge is 0.393 e. The number of nitrogens with zero attached hydrogens (tertiary/aromatic N) is 2. The van der Waals surface area contributed by atoms with Crippen LogP contribution in [0, 0.1) is 12.8 Å². The number of aliphatic hydroxyl groups excluding tert-OH is 1. The highest BCUT2D eigenvalue weighted by atomic mass is 35.5. The lowest BCUT2D eigenvalue weighted by Crippen LogP contribution is -2.13. The van der Waals surface area contributed by atoms with Crippen LogP contribution in [0.15, 0.2) is 6.07 Å². The summed E-state index contributed by atoms with van der Waals surface area (Å²) in [4.78, 5) is 10.6. The van der Waals surface area contributed by atoms with E-state index in [1.165, 1.54) is 4.88 Å². The van der Waals surface area contributed by atoms with Crippen LogP contribution in [0.3, 0.4) is 0 Å². The molecular formula is C13H16ClN3OS. The maximum atomic E-state index is 9.54. The van der Waals surface area contributed by atoms with Gasteiger partial charge in [0, 0.05) is 11.4 Å². The van der Waals surface area contributed by atoms with Gasteiger partial charge >= 0.3 is 0 Å². The number of thiophene rings is 1. The molecule has 2 heterocycles. The Kier molecular flexibility index (Phi) is 3.60. The van der Waals surface area contributed by atoms with Crippen molar-refractivity contribution >= 4 is 39.0 Å². The minimum absolute atomic E-state index is 0.135. The lowest BCUT2D eigenvalue weighted by Gasteiger charge is -2.12. The molecule has 0 amide bonds. The molecule has 1 aliphatic rings. The second kappa shape index (κ2) is 5.23. The monoisotopic (exact) mass is 297 g/mol. The van der Waals surface area contributed by atoms with Crippen LogP contribution < -0.4 is 5.32 Å². The summed E-state index contributed by atoms with van der Waals surface area (Å²) in [6.07, 6.45) is 2.71. The normalized spacial score (nSPS) is 23.1. The lowest BCUT2D eigenvalue weighted by molar-refractivity contribution is 0.178. The second-order valence-electron chi connectivity index (χ2n) is 5.13. The van der Waals surface area contributed by atoms with Gasteiger partial charge in [0.1, 0.15) is 10.6 Å². The zero-order valence-electron chi connectivity index (χ0n) is 10.7. The molecule has 3 rings (SSSR count). The highest BCUT2D eigenvalue weighted by Crippen LogP contribution is 2.31. The van der Waals surface area contributed by atoms with Crippen molar-refractivity contribution in [1.29, 1.82) is 0 Å². The van der Waals surface area contributed by atoms with Gasteiger partial charge in [-0.05, 0) is 49.8 Å². The summed E-state index contributed by atoms with van der Waals surface area (Å²) in [5.41, 5.74) is 0. The summed E-state index contributed by atoms with van der Waals surface area (Å²) in [5.74, 6) is 1.32. The van der Waals surface area contributed by atoms with Crippen LogP contribution in [0.1, 0.15) is 24.1 Å². The van der Waals surface area contributed by atoms with Crippen molar-refractivity contribution in [2.75, 3.05) is 11.9 Å². The molecule has 2 aromatic heterocycles. The molecule has 0 spiro atoms. The minimum Gasteiger partial charge on any atom is -0.393 e. The van der Waals surface area contributed by atoms with E-state index in [-0.39, 0.29) is 11.4 Å². The first-order valence-corrected chi connectivity index (χ1v) is 7.67. The number of aryl methyl sites for hydroxylation is 1. The lowest BCUT2D eigenvalue weighted by atomic mass is 10.1. The van der Waals surface area contributed by atoms with E-state index in [0.717, 1.165) is 41.8 Å². The maximum Gasteiger partial charge on any atom is 0.225 e. The maximum absolute atomic E-state index is 9.54. The van der Waals surface area contributed by atoms with Crippen molar-refractivity contribution in [2.24, 2.45) is 5.92 Å². The summed E-state index contributed by atoms with van der Waals surface area (Å²) in [6.45, 7) is 2.88. The smallest absolute Gasteiger partial charge is 0.225 e. The number of nitrogens with one attached hydrogen (secondary N) is 1. The molecule has 102 valence electrons. The van der Waals surface area contributed by atoms with E-state index in [2.05, 4.69) is 28.3 Å². The molecule has 6 heteroatoms. The Labute approximate surface area is 120 Å². The third kappa shape index (κ3) is 2.83. The SMILES string of the molecule is Cc1cc2c(NCC3CCC(O)C3)nc(Cl)nc2s1. The number of rotatable bonds is 3. The van der Waals surface area contributed by atoms with Crippen molar-refractivity contribution in [3.8, 4) is 0 Å². The third-order valence-electron chi connectivity index (χ3n) is 3.56. The average Bonchev–Trinajstić information content (AvgIpc) is 2.91. The Hall–Kier alpha value is -0.910. The molecule has 1 fully saturated rings. The van der Waals surface area contributed by atoms with Crippen LogP contribution in [0.25, 0.3) is 10.2 Å². The summed E-state index contributed by atoms with van der Waals surface area (Å²) in [6, 6.07) is 2.09. The molecule has 0 bridgehead atoms. The first kappa shape index (κ1) is 13.1. The molecule has 2 N–H and O–H groups in total. The zero-order chi connectivity index (χ0) is 13.4. The predicted molar refractivity (Wildman–Crippen MR) is 79.0 cm³/mol. The number of hydrogen-bond donors (Lipinski definition) is 2. The molecule has 2 aromatic rings. The molecule has 19 heavy (non-hydrogen) atoms. The van der Waals surface area contributed by atoms with Gasteiger partial charge in [0.2, 0.25) is 5.28 Å². The first-order chi connectivity index (χ1) is 9.11. The van der Waals surface area contributed by atoms with E-state index >= 15 is 0 Å². The van der Waals surface area contributed by atoms with E-state index in [4.69, 9.17) is 11.6 Å². The molecule has 2 unspecified atom stereocenters. The van der Waals surface area contributed by atoms with E-state index in [9.17, 15) is 5.11 Å². The van der Waals surface area contributed by atoms with Gasteiger partial charge in [0.15, 0.2) is 0 Å². The van der Waals surface area contributed by atoms with Crippen LogP contribution >= 0.6 is 22.9 Å². The van der Waals surface area contributed by atoms with E-state index < -0.39 is 0 Å². The quantitative estimate of drug-likeness (QED) is 0.854. The van der Waals surface area contributed by atoms with Gasteiger partial charge in [0.25, 0.3) is 0 Å². The van der Waals surface area contributed by atoms with Crippen molar-refractivity contribution in [1.82, 2.24) is 9.97 Å². The molecular weight excluding hydrogens is 282 g/mol. The number of anilines is 1. The van der Waals surface area contributed by atoms with Gasteiger partial charge < -0.3 is 10.4 Å². The Balaban J connectivity index is 1.80. The van der Waals surface area contributed by atoms with E-state index in [1.807, 2.05) is 0 Å². The summed E-state index contributed by atoms with van der Waals surface area (Å²) < 4.78 is 0. The molecule has 0 saturated heterocycles. The topological polar surface area (TPSA) is 58.0 Å². The van der Waals surface area contributed by atoms with Crippen molar-refractivity contribution in [3.05, 3.63) is 16.2 Å². The first-order valence-electron chi connectivity index (χ1n) is 6.47. The van der Waals surface area contributed by atoms with Crippen LogP contribution in [-0.2, 0) is 0 Å². The fraction of sp³-hybridized carbons (Fsp3) is 0.538. The van der Waals surface area contributed by atoms with Crippen molar-refractivity contribution in [3.63, 3.8) is 0 Å². The van der Waals surface area contributed by atoms with Gasteiger partial charge in [-0.25, -0.2) is 9.97 Å². The summed E-state index contributed by atoms with van der Waals surface area (Å²) in [7, 11) is 0. The Morgan fingerprint density at radius 2 is 2.32 bits per heavy atom. The van der Waals surface area contributed by atoms with Crippen LogP contribution in [0.5, 0.6) is 0 Å². The molecule has 4 nitrogen and oxygen atoms in total. The van der Waals surface area contributed by atoms with Gasteiger partial charge in [-0.3, -0.25) is 0 Å².